The van der Waals surface area contributed by atoms with Crippen molar-refractivity contribution in [2.75, 3.05) is 12.4 Å². The molecule has 0 saturated heterocycles. The van der Waals surface area contributed by atoms with Crippen molar-refractivity contribution in [3.8, 4) is 0 Å². The molecule has 0 aliphatic rings. The summed E-state index contributed by atoms with van der Waals surface area (Å²) in [5.41, 5.74) is 2.47. The van der Waals surface area contributed by atoms with Gasteiger partial charge in [0.1, 0.15) is 0 Å². The highest BCUT2D eigenvalue weighted by atomic mass is 16.1. The Bertz CT molecular complexity index is 476. The molecule has 88 valence electrons. The SMILES string of the molecule is CNCc1ccc(NC(=O)c2cn[nH]c2)cc1. The van der Waals surface area contributed by atoms with Crippen LogP contribution in [0.15, 0.2) is 36.7 Å². The van der Waals surface area contributed by atoms with Crippen molar-refractivity contribution in [2.24, 2.45) is 0 Å². The van der Waals surface area contributed by atoms with Gasteiger partial charge in [-0.15, -0.1) is 0 Å². The van der Waals surface area contributed by atoms with Crippen molar-refractivity contribution < 1.29 is 4.79 Å². The maximum Gasteiger partial charge on any atom is 0.258 e. The quantitative estimate of drug-likeness (QED) is 0.743. The topological polar surface area (TPSA) is 69.8 Å². The molecule has 2 aromatic rings. The summed E-state index contributed by atoms with van der Waals surface area (Å²) in [5.74, 6) is -0.167. The van der Waals surface area contributed by atoms with Crippen LogP contribution in [0.25, 0.3) is 0 Å². The summed E-state index contributed by atoms with van der Waals surface area (Å²) in [6.07, 6.45) is 3.05. The summed E-state index contributed by atoms with van der Waals surface area (Å²) in [7, 11) is 1.90. The molecule has 0 radical (unpaired) electrons. The predicted molar refractivity (Wildman–Crippen MR) is 65.7 cm³/mol. The molecule has 0 atom stereocenters. The lowest BCUT2D eigenvalue weighted by atomic mass is 10.2. The largest absolute Gasteiger partial charge is 0.322 e. The number of rotatable bonds is 4. The standard InChI is InChI=1S/C12H14N4O/c1-13-6-9-2-4-11(5-3-9)16-12(17)10-7-14-15-8-10/h2-5,7-8,13H,6H2,1H3,(H,14,15)(H,16,17). The van der Waals surface area contributed by atoms with E-state index in [2.05, 4.69) is 20.8 Å². The van der Waals surface area contributed by atoms with Crippen LogP contribution in [0.3, 0.4) is 0 Å². The number of aromatic amines is 1. The molecule has 0 spiro atoms. The lowest BCUT2D eigenvalue weighted by Crippen LogP contribution is -2.11. The molecule has 1 heterocycles. The summed E-state index contributed by atoms with van der Waals surface area (Å²) in [6, 6.07) is 7.71. The van der Waals surface area contributed by atoms with Crippen LogP contribution in [0.4, 0.5) is 5.69 Å². The van der Waals surface area contributed by atoms with Gasteiger partial charge in [0.05, 0.1) is 11.8 Å². The highest BCUT2D eigenvalue weighted by Gasteiger charge is 2.06. The van der Waals surface area contributed by atoms with Crippen LogP contribution < -0.4 is 10.6 Å². The van der Waals surface area contributed by atoms with Crippen LogP contribution in [-0.2, 0) is 6.54 Å². The molecule has 0 bridgehead atoms. The Balaban J connectivity index is 2.01. The van der Waals surface area contributed by atoms with E-state index in [4.69, 9.17) is 0 Å². The van der Waals surface area contributed by atoms with Crippen LogP contribution in [0.5, 0.6) is 0 Å². The molecule has 1 aromatic heterocycles. The Labute approximate surface area is 99.2 Å². The van der Waals surface area contributed by atoms with Crippen molar-refractivity contribution in [3.05, 3.63) is 47.8 Å². The van der Waals surface area contributed by atoms with E-state index in [0.29, 0.717) is 5.56 Å². The molecule has 5 heteroatoms. The second kappa shape index (κ2) is 5.27. The fraction of sp³-hybridized carbons (Fsp3) is 0.167. The fourth-order valence-electron chi connectivity index (χ4n) is 1.49. The molecule has 1 amide bonds. The zero-order valence-corrected chi connectivity index (χ0v) is 9.53. The van der Waals surface area contributed by atoms with Gasteiger partial charge < -0.3 is 10.6 Å². The van der Waals surface area contributed by atoms with Gasteiger partial charge in [-0.3, -0.25) is 9.89 Å². The average molecular weight is 230 g/mol. The number of nitrogens with one attached hydrogen (secondary N) is 3. The third kappa shape index (κ3) is 2.92. The van der Waals surface area contributed by atoms with Gasteiger partial charge in [-0.25, -0.2) is 0 Å². The Morgan fingerprint density at radius 2 is 2.12 bits per heavy atom. The van der Waals surface area contributed by atoms with Crippen molar-refractivity contribution in [1.82, 2.24) is 15.5 Å². The smallest absolute Gasteiger partial charge is 0.258 e. The molecular formula is C12H14N4O. The van der Waals surface area contributed by atoms with E-state index in [-0.39, 0.29) is 5.91 Å². The third-order valence-electron chi connectivity index (χ3n) is 2.35. The second-order valence-corrected chi connectivity index (χ2v) is 3.67. The number of H-pyrrole nitrogens is 1. The Kier molecular flexibility index (Phi) is 3.52. The number of carbonyl (C=O) groups excluding carboxylic acids is 1. The minimum atomic E-state index is -0.167. The van der Waals surface area contributed by atoms with E-state index in [1.54, 1.807) is 6.20 Å². The van der Waals surface area contributed by atoms with Gasteiger partial charge in [0.2, 0.25) is 0 Å². The fourth-order valence-corrected chi connectivity index (χ4v) is 1.49. The van der Waals surface area contributed by atoms with Crippen molar-refractivity contribution in [2.45, 2.75) is 6.54 Å². The van der Waals surface area contributed by atoms with E-state index >= 15 is 0 Å². The van der Waals surface area contributed by atoms with Crippen LogP contribution in [0, 0.1) is 0 Å². The number of aromatic nitrogens is 2. The molecule has 0 saturated carbocycles. The molecule has 2 rings (SSSR count). The molecule has 3 N–H and O–H groups in total. The minimum Gasteiger partial charge on any atom is -0.322 e. The molecule has 0 aliphatic heterocycles. The van der Waals surface area contributed by atoms with Crippen LogP contribution in [0.2, 0.25) is 0 Å². The van der Waals surface area contributed by atoms with Gasteiger partial charge >= 0.3 is 0 Å². The van der Waals surface area contributed by atoms with Gasteiger partial charge in [0.15, 0.2) is 0 Å². The van der Waals surface area contributed by atoms with Crippen LogP contribution >= 0.6 is 0 Å². The highest BCUT2D eigenvalue weighted by Crippen LogP contribution is 2.10. The number of nitrogens with zero attached hydrogens (tertiary/aromatic N) is 1. The molecule has 0 unspecified atom stereocenters. The molecule has 1 aromatic carbocycles. The van der Waals surface area contributed by atoms with Crippen LogP contribution in [-0.4, -0.2) is 23.2 Å². The van der Waals surface area contributed by atoms with E-state index in [9.17, 15) is 4.79 Å². The van der Waals surface area contributed by atoms with Gasteiger partial charge in [0.25, 0.3) is 5.91 Å². The summed E-state index contributed by atoms with van der Waals surface area (Å²) in [6.45, 7) is 0.815. The maximum absolute atomic E-state index is 11.7. The van der Waals surface area contributed by atoms with E-state index < -0.39 is 0 Å². The maximum atomic E-state index is 11.7. The van der Waals surface area contributed by atoms with Gasteiger partial charge in [0, 0.05) is 18.4 Å². The zero-order chi connectivity index (χ0) is 12.1. The monoisotopic (exact) mass is 230 g/mol. The first kappa shape index (κ1) is 11.3. The molecule has 0 aliphatic carbocycles. The first-order chi connectivity index (χ1) is 8.29. The number of carbonyl (C=O) groups is 1. The van der Waals surface area contributed by atoms with Crippen molar-refractivity contribution in [1.29, 1.82) is 0 Å². The number of hydrogen-bond acceptors (Lipinski definition) is 3. The lowest BCUT2D eigenvalue weighted by Gasteiger charge is -2.05. The van der Waals surface area contributed by atoms with Gasteiger partial charge in [-0.1, -0.05) is 12.1 Å². The van der Waals surface area contributed by atoms with Crippen molar-refractivity contribution in [3.63, 3.8) is 0 Å². The Morgan fingerprint density at radius 1 is 1.35 bits per heavy atom. The molecule has 5 nitrogen and oxygen atoms in total. The second-order valence-electron chi connectivity index (χ2n) is 3.67. The number of benzene rings is 1. The zero-order valence-electron chi connectivity index (χ0n) is 9.53. The number of amides is 1. The van der Waals surface area contributed by atoms with Crippen LogP contribution in [0.1, 0.15) is 15.9 Å². The summed E-state index contributed by atoms with van der Waals surface area (Å²) in [5, 5.41) is 12.2. The van der Waals surface area contributed by atoms with E-state index in [1.165, 1.54) is 11.8 Å². The Hall–Kier alpha value is -2.14. The number of anilines is 1. The average Bonchev–Trinajstić information content (AvgIpc) is 2.86. The molecule has 0 fully saturated rings. The first-order valence-electron chi connectivity index (χ1n) is 5.33. The number of hydrogen-bond donors (Lipinski definition) is 3. The first-order valence-corrected chi connectivity index (χ1v) is 5.33. The summed E-state index contributed by atoms with van der Waals surface area (Å²) >= 11 is 0. The van der Waals surface area contributed by atoms with Gasteiger partial charge in [-0.2, -0.15) is 5.10 Å². The summed E-state index contributed by atoms with van der Waals surface area (Å²) < 4.78 is 0. The molecule has 17 heavy (non-hydrogen) atoms. The normalized spacial score (nSPS) is 10.2. The lowest BCUT2D eigenvalue weighted by molar-refractivity contribution is 0.102. The van der Waals surface area contributed by atoms with Gasteiger partial charge in [-0.05, 0) is 24.7 Å². The summed E-state index contributed by atoms with van der Waals surface area (Å²) in [4.78, 5) is 11.7. The minimum absolute atomic E-state index is 0.167. The van der Waals surface area contributed by atoms with Crippen molar-refractivity contribution >= 4 is 11.6 Å². The third-order valence-corrected chi connectivity index (χ3v) is 2.35. The van der Waals surface area contributed by atoms with E-state index in [0.717, 1.165) is 12.2 Å². The highest BCUT2D eigenvalue weighted by molar-refractivity contribution is 6.03. The Morgan fingerprint density at radius 3 is 2.71 bits per heavy atom. The molecular weight excluding hydrogens is 216 g/mol. The predicted octanol–water partition coefficient (Wildman–Crippen LogP) is 1.38. The van der Waals surface area contributed by atoms with E-state index in [1.807, 2.05) is 31.3 Å².